The largest absolute Gasteiger partial charge is 0.291 e. The molecule has 0 N–H and O–H groups in total. The van der Waals surface area contributed by atoms with E-state index in [1.165, 1.54) is 28.0 Å². The lowest BCUT2D eigenvalue weighted by Gasteiger charge is -1.94. The van der Waals surface area contributed by atoms with Crippen LogP contribution in [0.2, 0.25) is 0 Å². The zero-order chi connectivity index (χ0) is 12.7. The number of fused-ring (bicyclic) bond motifs is 1. The minimum absolute atomic E-state index is 0.0312. The first-order chi connectivity index (χ1) is 8.65. The van der Waals surface area contributed by atoms with Gasteiger partial charge in [0.05, 0.1) is 0 Å². The van der Waals surface area contributed by atoms with Crippen LogP contribution in [-0.2, 0) is 0 Å². The zero-order valence-corrected chi connectivity index (χ0v) is 10.2. The Labute approximate surface area is 109 Å². The Hall–Kier alpha value is -1.86. The van der Waals surface area contributed by atoms with Gasteiger partial charge >= 0.3 is 0 Å². The Morgan fingerprint density at radius 1 is 1.28 bits per heavy atom. The van der Waals surface area contributed by atoms with Crippen molar-refractivity contribution in [3.8, 4) is 10.6 Å². The highest BCUT2D eigenvalue weighted by Crippen LogP contribution is 2.25. The maximum atomic E-state index is 12.8. The highest BCUT2D eigenvalue weighted by Gasteiger charge is 2.16. The smallest absolute Gasteiger partial charge is 0.272 e. The van der Waals surface area contributed by atoms with Gasteiger partial charge in [0.15, 0.2) is 0 Å². The Morgan fingerprint density at radius 3 is 2.67 bits per heavy atom. The summed E-state index contributed by atoms with van der Waals surface area (Å²) in [7, 11) is 0. The molecule has 0 radical (unpaired) electrons. The van der Waals surface area contributed by atoms with Gasteiger partial charge in [-0.2, -0.15) is 9.61 Å². The predicted octanol–water partition coefficient (Wildman–Crippen LogP) is 2.37. The summed E-state index contributed by atoms with van der Waals surface area (Å²) in [5.74, 6) is -0.352. The second kappa shape index (κ2) is 4.11. The average molecular weight is 283 g/mol. The third-order valence-corrected chi connectivity index (χ3v) is 3.37. The van der Waals surface area contributed by atoms with Crippen molar-refractivity contribution >= 4 is 33.1 Å². The summed E-state index contributed by atoms with van der Waals surface area (Å²) in [6.45, 7) is 0. The van der Waals surface area contributed by atoms with E-state index in [0.29, 0.717) is 9.97 Å². The van der Waals surface area contributed by atoms with E-state index in [4.69, 9.17) is 11.6 Å². The second-order valence-electron chi connectivity index (χ2n) is 3.41. The fourth-order valence-corrected chi connectivity index (χ4v) is 2.41. The molecule has 3 rings (SSSR count). The van der Waals surface area contributed by atoms with E-state index >= 15 is 0 Å². The maximum Gasteiger partial charge on any atom is 0.291 e. The molecule has 0 unspecified atom stereocenters. The molecule has 18 heavy (non-hydrogen) atoms. The fourth-order valence-electron chi connectivity index (χ4n) is 1.45. The monoisotopic (exact) mass is 282 g/mol. The maximum absolute atomic E-state index is 12.8. The average Bonchev–Trinajstić information content (AvgIpc) is 2.88. The van der Waals surface area contributed by atoms with Crippen LogP contribution in [0, 0.1) is 5.82 Å². The Morgan fingerprint density at radius 2 is 2.00 bits per heavy atom. The number of rotatable bonds is 2. The first-order valence-corrected chi connectivity index (χ1v) is 6.02. The van der Waals surface area contributed by atoms with Crippen LogP contribution in [0.5, 0.6) is 0 Å². The summed E-state index contributed by atoms with van der Waals surface area (Å²) >= 11 is 6.59. The van der Waals surface area contributed by atoms with Gasteiger partial charge in [-0.25, -0.2) is 4.39 Å². The van der Waals surface area contributed by atoms with Gasteiger partial charge in [-0.1, -0.05) is 11.3 Å². The number of carbonyl (C=O) groups is 1. The van der Waals surface area contributed by atoms with E-state index in [2.05, 4.69) is 15.3 Å². The van der Waals surface area contributed by atoms with E-state index in [1.54, 1.807) is 12.1 Å². The van der Waals surface area contributed by atoms with Crippen LogP contribution in [0.4, 0.5) is 4.39 Å². The fraction of sp³-hybridized carbons (Fsp3) is 0. The van der Waals surface area contributed by atoms with Crippen molar-refractivity contribution in [3.05, 3.63) is 35.9 Å². The molecule has 0 aliphatic carbocycles. The molecule has 0 amide bonds. The first kappa shape index (κ1) is 11.2. The highest BCUT2D eigenvalue weighted by atomic mass is 35.5. The van der Waals surface area contributed by atoms with Crippen LogP contribution >= 0.6 is 22.9 Å². The molecule has 5 nitrogen and oxygen atoms in total. The summed E-state index contributed by atoms with van der Waals surface area (Å²) in [5.41, 5.74) is 0.736. The molecule has 90 valence electrons. The van der Waals surface area contributed by atoms with Crippen LogP contribution < -0.4 is 0 Å². The van der Waals surface area contributed by atoms with Crippen LogP contribution in [0.1, 0.15) is 10.6 Å². The van der Waals surface area contributed by atoms with Crippen molar-refractivity contribution in [2.45, 2.75) is 0 Å². The van der Waals surface area contributed by atoms with Gasteiger partial charge in [0.1, 0.15) is 10.8 Å². The van der Waals surface area contributed by atoms with Crippen molar-refractivity contribution in [2.75, 3.05) is 0 Å². The van der Waals surface area contributed by atoms with Crippen molar-refractivity contribution in [1.29, 1.82) is 0 Å². The number of benzene rings is 1. The van der Waals surface area contributed by atoms with Crippen molar-refractivity contribution in [1.82, 2.24) is 19.8 Å². The molecule has 0 saturated heterocycles. The number of hydrogen-bond acceptors (Lipinski definition) is 5. The lowest BCUT2D eigenvalue weighted by atomic mass is 10.2. The van der Waals surface area contributed by atoms with Crippen LogP contribution in [0.15, 0.2) is 24.3 Å². The van der Waals surface area contributed by atoms with Crippen molar-refractivity contribution in [2.24, 2.45) is 0 Å². The van der Waals surface area contributed by atoms with Gasteiger partial charge in [0.2, 0.25) is 10.8 Å². The van der Waals surface area contributed by atoms with Crippen molar-refractivity contribution < 1.29 is 9.18 Å². The first-order valence-electron chi connectivity index (χ1n) is 4.83. The predicted molar refractivity (Wildman–Crippen MR) is 64.2 cm³/mol. The van der Waals surface area contributed by atoms with Crippen molar-refractivity contribution in [3.63, 3.8) is 0 Å². The van der Waals surface area contributed by atoms with Gasteiger partial charge in [0.25, 0.3) is 5.24 Å². The number of hydrogen-bond donors (Lipinski definition) is 0. The molecule has 2 aromatic heterocycles. The quantitative estimate of drug-likeness (QED) is 0.677. The molecule has 0 aliphatic heterocycles. The molecule has 0 fully saturated rings. The topological polar surface area (TPSA) is 60.2 Å². The summed E-state index contributed by atoms with van der Waals surface area (Å²) in [6, 6.07) is 5.88. The second-order valence-corrected chi connectivity index (χ2v) is 4.71. The number of aromatic nitrogens is 4. The number of halogens is 2. The van der Waals surface area contributed by atoms with E-state index in [1.807, 2.05) is 0 Å². The van der Waals surface area contributed by atoms with E-state index < -0.39 is 5.24 Å². The molecule has 0 saturated carbocycles. The van der Waals surface area contributed by atoms with Gasteiger partial charge in [-0.3, -0.25) is 4.79 Å². The molecule has 8 heteroatoms. The molecule has 0 aliphatic rings. The van der Waals surface area contributed by atoms with Gasteiger partial charge in [0, 0.05) is 5.56 Å². The Kier molecular flexibility index (Phi) is 2.57. The van der Waals surface area contributed by atoms with E-state index in [0.717, 1.165) is 5.56 Å². The van der Waals surface area contributed by atoms with Crippen LogP contribution in [0.25, 0.3) is 15.5 Å². The summed E-state index contributed by atoms with van der Waals surface area (Å²) in [5, 5.41) is 11.5. The molecule has 0 bridgehead atoms. The van der Waals surface area contributed by atoms with E-state index in [9.17, 15) is 9.18 Å². The van der Waals surface area contributed by atoms with Gasteiger partial charge in [-0.05, 0) is 35.9 Å². The summed E-state index contributed by atoms with van der Waals surface area (Å²) in [6.07, 6.45) is 0. The number of nitrogens with zero attached hydrogens (tertiary/aromatic N) is 4. The molecule has 0 spiro atoms. The summed E-state index contributed by atoms with van der Waals surface area (Å²) < 4.78 is 14.1. The molecule has 3 aromatic rings. The van der Waals surface area contributed by atoms with Gasteiger partial charge < -0.3 is 0 Å². The summed E-state index contributed by atoms with van der Waals surface area (Å²) in [4.78, 5) is 11.5. The van der Waals surface area contributed by atoms with Gasteiger partial charge in [-0.15, -0.1) is 10.2 Å². The Balaban J connectivity index is 2.13. The normalized spacial score (nSPS) is 11.0. The lowest BCUT2D eigenvalue weighted by Crippen LogP contribution is -1.99. The molecule has 1 aromatic carbocycles. The SMILES string of the molecule is O=C(Cl)c1nnc2sc(-c3ccc(F)cc3)nn12. The molecular formula is C10H4ClFN4OS. The third kappa shape index (κ3) is 1.77. The van der Waals surface area contributed by atoms with Crippen LogP contribution in [0.3, 0.4) is 0 Å². The van der Waals surface area contributed by atoms with Crippen LogP contribution in [-0.4, -0.2) is 25.1 Å². The Bertz CT molecular complexity index is 736. The molecule has 0 atom stereocenters. The minimum atomic E-state index is -0.724. The zero-order valence-electron chi connectivity index (χ0n) is 8.67. The highest BCUT2D eigenvalue weighted by molar-refractivity contribution is 7.19. The third-order valence-electron chi connectivity index (χ3n) is 2.26. The minimum Gasteiger partial charge on any atom is -0.272 e. The van der Waals surface area contributed by atoms with E-state index in [-0.39, 0.29) is 11.6 Å². The molecular weight excluding hydrogens is 279 g/mol. The lowest BCUT2D eigenvalue weighted by molar-refractivity contribution is 0.107. The molecule has 2 heterocycles. The number of carbonyl (C=O) groups excluding carboxylic acids is 1. The standard InChI is InChI=1S/C10H4ClFN4OS/c11-7(17)8-13-14-10-16(8)15-9(18-10)5-1-3-6(12)4-2-5/h1-4H.